The number of halogens is 3. The third-order valence-corrected chi connectivity index (χ3v) is 1.30. The maximum Gasteiger partial charge on any atom is 0.573 e. The summed E-state index contributed by atoms with van der Waals surface area (Å²) < 4.78 is 43.6. The van der Waals surface area contributed by atoms with Gasteiger partial charge in [-0.25, -0.2) is 0 Å². The van der Waals surface area contributed by atoms with Crippen molar-refractivity contribution >= 4 is 5.97 Å². The lowest BCUT2D eigenvalue weighted by Crippen LogP contribution is -2.17. The summed E-state index contributed by atoms with van der Waals surface area (Å²) in [5.41, 5.74) is 0. The van der Waals surface area contributed by atoms with Crippen LogP contribution in [0.5, 0.6) is 11.5 Å². The minimum absolute atomic E-state index is 0.00394. The Bertz CT molecular complexity index is 360. The topological polar surface area (TPSA) is 35.5 Å². The number of benzene rings is 1. The summed E-state index contributed by atoms with van der Waals surface area (Å²) in [7, 11) is 0. The van der Waals surface area contributed by atoms with Gasteiger partial charge in [-0.3, -0.25) is 4.79 Å². The first-order chi connectivity index (χ1) is 6.87. The number of rotatable bonds is 2. The van der Waals surface area contributed by atoms with E-state index < -0.39 is 18.1 Å². The monoisotopic (exact) mass is 220 g/mol. The highest BCUT2D eigenvalue weighted by atomic mass is 19.4. The Morgan fingerprint density at radius 3 is 2.40 bits per heavy atom. The summed E-state index contributed by atoms with van der Waals surface area (Å²) in [5.74, 6) is -1.04. The van der Waals surface area contributed by atoms with Crippen LogP contribution in [0.1, 0.15) is 6.92 Å². The van der Waals surface area contributed by atoms with Crippen molar-refractivity contribution in [3.8, 4) is 11.5 Å². The molecule has 0 spiro atoms. The van der Waals surface area contributed by atoms with Crippen molar-refractivity contribution in [3.63, 3.8) is 0 Å². The second-order valence-electron chi connectivity index (χ2n) is 2.62. The van der Waals surface area contributed by atoms with Gasteiger partial charge in [0.2, 0.25) is 0 Å². The van der Waals surface area contributed by atoms with Gasteiger partial charge in [0, 0.05) is 13.0 Å². The van der Waals surface area contributed by atoms with E-state index in [0.29, 0.717) is 0 Å². The number of alkyl halides is 3. The molecule has 0 unspecified atom stereocenters. The molecule has 0 saturated heterocycles. The molecule has 0 bridgehead atoms. The molecule has 82 valence electrons. The van der Waals surface area contributed by atoms with Gasteiger partial charge < -0.3 is 9.47 Å². The maximum absolute atomic E-state index is 11.8. The van der Waals surface area contributed by atoms with Gasteiger partial charge in [-0.15, -0.1) is 13.2 Å². The highest BCUT2D eigenvalue weighted by Gasteiger charge is 2.31. The Hall–Kier alpha value is -1.72. The second-order valence-corrected chi connectivity index (χ2v) is 2.62. The van der Waals surface area contributed by atoms with Crippen LogP contribution in [0.15, 0.2) is 24.3 Å². The summed E-state index contributed by atoms with van der Waals surface area (Å²) in [6.45, 7) is 1.15. The normalized spacial score (nSPS) is 10.9. The zero-order valence-corrected chi connectivity index (χ0v) is 7.67. The zero-order valence-electron chi connectivity index (χ0n) is 7.67. The average Bonchev–Trinajstić information content (AvgIpc) is 1.99. The van der Waals surface area contributed by atoms with Crippen LogP contribution in [0, 0.1) is 0 Å². The third-order valence-electron chi connectivity index (χ3n) is 1.30. The third kappa shape index (κ3) is 4.35. The highest BCUT2D eigenvalue weighted by molar-refractivity contribution is 5.69. The number of ether oxygens (including phenoxy) is 2. The number of hydrogen-bond acceptors (Lipinski definition) is 3. The smallest absolute Gasteiger partial charge is 0.427 e. The van der Waals surface area contributed by atoms with Crippen LogP contribution in [-0.2, 0) is 4.79 Å². The van der Waals surface area contributed by atoms with Gasteiger partial charge in [0.05, 0.1) is 0 Å². The molecule has 1 rings (SSSR count). The molecule has 0 N–H and O–H groups in total. The first kappa shape index (κ1) is 11.4. The zero-order chi connectivity index (χ0) is 11.5. The molecule has 0 aliphatic heterocycles. The summed E-state index contributed by atoms with van der Waals surface area (Å²) in [5, 5.41) is 0. The van der Waals surface area contributed by atoms with Gasteiger partial charge >= 0.3 is 12.3 Å². The van der Waals surface area contributed by atoms with Crippen LogP contribution < -0.4 is 9.47 Å². The van der Waals surface area contributed by atoms with Crippen LogP contribution >= 0.6 is 0 Å². The molecule has 0 saturated carbocycles. The van der Waals surface area contributed by atoms with E-state index in [9.17, 15) is 18.0 Å². The summed E-state index contributed by atoms with van der Waals surface area (Å²) in [6.07, 6.45) is -4.76. The van der Waals surface area contributed by atoms with E-state index in [1.165, 1.54) is 12.1 Å². The summed E-state index contributed by atoms with van der Waals surface area (Å²) in [4.78, 5) is 10.5. The summed E-state index contributed by atoms with van der Waals surface area (Å²) >= 11 is 0. The Kier molecular flexibility index (Phi) is 3.18. The van der Waals surface area contributed by atoms with E-state index in [1.807, 2.05) is 0 Å². The van der Waals surface area contributed by atoms with Gasteiger partial charge in [-0.1, -0.05) is 6.07 Å². The molecule has 0 heterocycles. The minimum Gasteiger partial charge on any atom is -0.427 e. The van der Waals surface area contributed by atoms with Crippen molar-refractivity contribution in [1.29, 1.82) is 0 Å². The minimum atomic E-state index is -4.76. The highest BCUT2D eigenvalue weighted by Crippen LogP contribution is 2.25. The van der Waals surface area contributed by atoms with Gasteiger partial charge in [0.15, 0.2) is 0 Å². The molecule has 6 heteroatoms. The van der Waals surface area contributed by atoms with Crippen molar-refractivity contribution in [2.75, 3.05) is 0 Å². The van der Waals surface area contributed by atoms with E-state index in [1.54, 1.807) is 0 Å². The average molecular weight is 220 g/mol. The molecule has 0 radical (unpaired) electrons. The molecule has 0 amide bonds. The fraction of sp³-hybridized carbons (Fsp3) is 0.222. The molecule has 0 fully saturated rings. The van der Waals surface area contributed by atoms with Gasteiger partial charge in [-0.05, 0) is 12.1 Å². The SMILES string of the molecule is CC(=O)Oc1cccc(OC(F)(F)F)c1. The van der Waals surface area contributed by atoms with Crippen LogP contribution in [-0.4, -0.2) is 12.3 Å². The lowest BCUT2D eigenvalue weighted by Gasteiger charge is -2.09. The largest absolute Gasteiger partial charge is 0.573 e. The number of hydrogen-bond donors (Lipinski definition) is 0. The van der Waals surface area contributed by atoms with Crippen LogP contribution in [0.4, 0.5) is 13.2 Å². The van der Waals surface area contributed by atoms with E-state index >= 15 is 0 Å². The fourth-order valence-electron chi connectivity index (χ4n) is 0.901. The molecule has 3 nitrogen and oxygen atoms in total. The Morgan fingerprint density at radius 2 is 1.87 bits per heavy atom. The number of esters is 1. The Labute approximate surface area is 83.4 Å². The van der Waals surface area contributed by atoms with Crippen molar-refractivity contribution < 1.29 is 27.4 Å². The van der Waals surface area contributed by atoms with Crippen molar-refractivity contribution in [3.05, 3.63) is 24.3 Å². The van der Waals surface area contributed by atoms with E-state index in [-0.39, 0.29) is 5.75 Å². The lowest BCUT2D eigenvalue weighted by atomic mass is 10.3. The van der Waals surface area contributed by atoms with Gasteiger partial charge in [-0.2, -0.15) is 0 Å². The Balaban J connectivity index is 2.79. The predicted molar refractivity (Wildman–Crippen MR) is 44.4 cm³/mol. The quantitative estimate of drug-likeness (QED) is 0.567. The molecule has 1 aromatic carbocycles. The van der Waals surface area contributed by atoms with E-state index in [4.69, 9.17) is 0 Å². The lowest BCUT2D eigenvalue weighted by molar-refractivity contribution is -0.274. The van der Waals surface area contributed by atoms with E-state index in [2.05, 4.69) is 9.47 Å². The molecule has 15 heavy (non-hydrogen) atoms. The maximum atomic E-state index is 11.8. The van der Waals surface area contributed by atoms with Crippen molar-refractivity contribution in [2.24, 2.45) is 0 Å². The Morgan fingerprint density at radius 1 is 1.27 bits per heavy atom. The molecule has 0 aliphatic rings. The van der Waals surface area contributed by atoms with Crippen molar-refractivity contribution in [2.45, 2.75) is 13.3 Å². The summed E-state index contributed by atoms with van der Waals surface area (Å²) in [6, 6.07) is 4.74. The van der Waals surface area contributed by atoms with Gasteiger partial charge in [0.1, 0.15) is 11.5 Å². The second kappa shape index (κ2) is 4.20. The first-order valence-electron chi connectivity index (χ1n) is 3.91. The molecule has 0 aromatic heterocycles. The predicted octanol–water partition coefficient (Wildman–Crippen LogP) is 2.51. The molecule has 0 atom stereocenters. The first-order valence-corrected chi connectivity index (χ1v) is 3.91. The molecular weight excluding hydrogens is 213 g/mol. The van der Waals surface area contributed by atoms with Crippen molar-refractivity contribution in [1.82, 2.24) is 0 Å². The van der Waals surface area contributed by atoms with Crippen LogP contribution in [0.2, 0.25) is 0 Å². The van der Waals surface area contributed by atoms with Crippen LogP contribution in [0.25, 0.3) is 0 Å². The number of carbonyl (C=O) groups is 1. The standard InChI is InChI=1S/C9H7F3O3/c1-6(13)14-7-3-2-4-8(5-7)15-9(10,11)12/h2-5H,1H3. The number of carbonyl (C=O) groups excluding carboxylic acids is 1. The fourth-order valence-corrected chi connectivity index (χ4v) is 0.901. The molecular formula is C9H7F3O3. The van der Waals surface area contributed by atoms with E-state index in [0.717, 1.165) is 19.1 Å². The molecule has 1 aromatic rings. The van der Waals surface area contributed by atoms with Gasteiger partial charge in [0.25, 0.3) is 0 Å². The molecule has 0 aliphatic carbocycles. The van der Waals surface area contributed by atoms with Crippen LogP contribution in [0.3, 0.4) is 0 Å².